The minimum atomic E-state index is -1.01. The number of hydrogen-bond donors (Lipinski definition) is 1. The Morgan fingerprint density at radius 3 is 2.41 bits per heavy atom. The molecule has 210 valence electrons. The van der Waals surface area contributed by atoms with Crippen LogP contribution in [0.1, 0.15) is 45.2 Å². The largest absolute Gasteiger partial charge is 0.493 e. The highest BCUT2D eigenvalue weighted by Gasteiger charge is 2.37. The number of carbonyl (C=O) groups excluding carboxylic acids is 2. The van der Waals surface area contributed by atoms with E-state index in [-0.39, 0.29) is 31.0 Å². The van der Waals surface area contributed by atoms with Crippen molar-refractivity contribution < 1.29 is 28.5 Å². The average molecular weight is 540 g/mol. The minimum Gasteiger partial charge on any atom is -0.493 e. The number of carbonyl (C=O) groups is 2. The Labute approximate surface area is 228 Å². The van der Waals surface area contributed by atoms with E-state index in [2.05, 4.69) is 15.6 Å². The summed E-state index contributed by atoms with van der Waals surface area (Å²) in [5.74, 6) is 0.514. The van der Waals surface area contributed by atoms with Crippen LogP contribution in [-0.2, 0) is 20.9 Å². The number of benzene rings is 2. The van der Waals surface area contributed by atoms with Crippen LogP contribution in [0.2, 0.25) is 0 Å². The molecule has 1 aliphatic heterocycles. The second kappa shape index (κ2) is 11.9. The Balaban J connectivity index is 1.81. The lowest BCUT2D eigenvalue weighted by atomic mass is 9.99. The molecule has 11 nitrogen and oxygen atoms in total. The van der Waals surface area contributed by atoms with Crippen molar-refractivity contribution >= 4 is 22.8 Å². The topological polar surface area (TPSA) is 117 Å². The molecule has 2 amide bonds. The number of nitrogens with zero attached hydrogens (tertiary/aromatic N) is 4. The summed E-state index contributed by atoms with van der Waals surface area (Å²) in [7, 11) is 4.53. The molecule has 2 atom stereocenters. The summed E-state index contributed by atoms with van der Waals surface area (Å²) in [6.07, 6.45) is 1.48. The van der Waals surface area contributed by atoms with E-state index < -0.39 is 11.6 Å². The second-order valence-electron chi connectivity index (χ2n) is 10.5. The van der Waals surface area contributed by atoms with E-state index in [0.717, 1.165) is 18.4 Å². The third kappa shape index (κ3) is 6.42. The molecule has 1 aromatic heterocycles. The standard InChI is InChI=1S/C28H37N5O6/c1-28(2,3)29-27(35)25(18-14-22(36-4)26(38-6)23(15-18)37-5)32(16-19-10-9-13-39-19)24(34)17-33-21-12-8-7-11-20(21)30-31-33/h7-8,11-12,14-15,19,25H,9-10,13,16-17H2,1-6H3,(H,29,35)/t19-,25-/m1/s1. The molecule has 0 radical (unpaired) electrons. The maximum Gasteiger partial charge on any atom is 0.247 e. The molecule has 0 aliphatic carbocycles. The maximum atomic E-state index is 14.1. The highest BCUT2D eigenvalue weighted by Crippen LogP contribution is 2.41. The normalized spacial score (nSPS) is 16.1. The predicted octanol–water partition coefficient (Wildman–Crippen LogP) is 3.12. The number of amides is 2. The Morgan fingerprint density at radius 2 is 1.82 bits per heavy atom. The lowest BCUT2D eigenvalue weighted by molar-refractivity contribution is -0.143. The van der Waals surface area contributed by atoms with Crippen LogP contribution in [0, 0.1) is 0 Å². The number of nitrogens with one attached hydrogen (secondary N) is 1. The summed E-state index contributed by atoms with van der Waals surface area (Å²) in [5, 5.41) is 11.4. The summed E-state index contributed by atoms with van der Waals surface area (Å²) >= 11 is 0. The molecular formula is C28H37N5O6. The fourth-order valence-electron chi connectivity index (χ4n) is 4.78. The van der Waals surface area contributed by atoms with Crippen LogP contribution in [0.25, 0.3) is 11.0 Å². The number of rotatable bonds is 10. The van der Waals surface area contributed by atoms with Crippen molar-refractivity contribution in [3.05, 3.63) is 42.0 Å². The molecule has 2 heterocycles. The van der Waals surface area contributed by atoms with Crippen molar-refractivity contribution in [1.29, 1.82) is 0 Å². The molecule has 1 fully saturated rings. The molecule has 1 saturated heterocycles. The van der Waals surface area contributed by atoms with Crippen molar-refractivity contribution in [1.82, 2.24) is 25.2 Å². The fraction of sp³-hybridized carbons (Fsp3) is 0.500. The van der Waals surface area contributed by atoms with Crippen LogP contribution in [0.5, 0.6) is 17.2 Å². The van der Waals surface area contributed by atoms with Gasteiger partial charge in [0, 0.05) is 18.7 Å². The van der Waals surface area contributed by atoms with Crippen molar-refractivity contribution in [2.75, 3.05) is 34.5 Å². The molecule has 2 aromatic carbocycles. The van der Waals surface area contributed by atoms with Gasteiger partial charge in [-0.15, -0.1) is 5.10 Å². The average Bonchev–Trinajstić information content (AvgIpc) is 3.56. The van der Waals surface area contributed by atoms with Gasteiger partial charge in [-0.2, -0.15) is 0 Å². The van der Waals surface area contributed by atoms with Crippen LogP contribution in [0.4, 0.5) is 0 Å². The zero-order valence-electron chi connectivity index (χ0n) is 23.4. The number of hydrogen-bond acceptors (Lipinski definition) is 8. The number of fused-ring (bicyclic) bond motifs is 1. The third-order valence-corrected chi connectivity index (χ3v) is 6.51. The third-order valence-electron chi connectivity index (χ3n) is 6.51. The molecule has 4 rings (SSSR count). The molecule has 39 heavy (non-hydrogen) atoms. The van der Waals surface area contributed by atoms with Gasteiger partial charge >= 0.3 is 0 Å². The van der Waals surface area contributed by atoms with Crippen molar-refractivity contribution in [2.24, 2.45) is 0 Å². The number of aromatic nitrogens is 3. The van der Waals surface area contributed by atoms with E-state index in [1.54, 1.807) is 21.7 Å². The monoisotopic (exact) mass is 539 g/mol. The van der Waals surface area contributed by atoms with E-state index >= 15 is 0 Å². The smallest absolute Gasteiger partial charge is 0.247 e. The second-order valence-corrected chi connectivity index (χ2v) is 10.5. The van der Waals surface area contributed by atoms with Gasteiger partial charge in [0.15, 0.2) is 11.5 Å². The van der Waals surface area contributed by atoms with Gasteiger partial charge in [0.05, 0.1) is 33.0 Å². The van der Waals surface area contributed by atoms with Gasteiger partial charge in [-0.1, -0.05) is 17.3 Å². The molecule has 0 bridgehead atoms. The van der Waals surface area contributed by atoms with Gasteiger partial charge in [-0.25, -0.2) is 4.68 Å². The molecule has 1 N–H and O–H groups in total. The zero-order valence-corrected chi connectivity index (χ0v) is 23.4. The zero-order chi connectivity index (χ0) is 28.2. The number of para-hydroxylation sites is 1. The van der Waals surface area contributed by atoms with Crippen molar-refractivity contribution in [3.63, 3.8) is 0 Å². The van der Waals surface area contributed by atoms with Gasteiger partial charge in [0.1, 0.15) is 18.1 Å². The van der Waals surface area contributed by atoms with E-state index in [4.69, 9.17) is 18.9 Å². The van der Waals surface area contributed by atoms with Crippen LogP contribution in [0.3, 0.4) is 0 Å². The fourth-order valence-corrected chi connectivity index (χ4v) is 4.78. The summed E-state index contributed by atoms with van der Waals surface area (Å²) in [4.78, 5) is 29.6. The predicted molar refractivity (Wildman–Crippen MR) is 145 cm³/mol. The van der Waals surface area contributed by atoms with Gasteiger partial charge in [-0.05, 0) is 63.4 Å². The Morgan fingerprint density at radius 1 is 1.13 bits per heavy atom. The first-order valence-corrected chi connectivity index (χ1v) is 13.0. The van der Waals surface area contributed by atoms with Crippen LogP contribution in [-0.4, -0.2) is 77.8 Å². The summed E-state index contributed by atoms with van der Waals surface area (Å²) < 4.78 is 24.1. The quantitative estimate of drug-likeness (QED) is 0.418. The van der Waals surface area contributed by atoms with Gasteiger partial charge in [0.2, 0.25) is 17.6 Å². The molecule has 0 unspecified atom stereocenters. The first-order chi connectivity index (χ1) is 18.6. The molecule has 3 aromatic rings. The van der Waals surface area contributed by atoms with Gasteiger partial charge in [-0.3, -0.25) is 9.59 Å². The molecule has 1 aliphatic rings. The molecular weight excluding hydrogens is 502 g/mol. The summed E-state index contributed by atoms with van der Waals surface area (Å²) in [6.45, 7) is 6.42. The SMILES string of the molecule is COc1cc([C@H](C(=O)NC(C)(C)C)N(C[C@H]2CCCO2)C(=O)Cn2nnc3ccccc32)cc(OC)c1OC. The van der Waals surface area contributed by atoms with E-state index in [1.807, 2.05) is 45.0 Å². The van der Waals surface area contributed by atoms with E-state index in [9.17, 15) is 9.59 Å². The van der Waals surface area contributed by atoms with E-state index in [1.165, 1.54) is 21.3 Å². The highest BCUT2D eigenvalue weighted by molar-refractivity contribution is 5.90. The lowest BCUT2D eigenvalue weighted by Gasteiger charge is -2.35. The Bertz CT molecular complexity index is 1290. The highest BCUT2D eigenvalue weighted by atomic mass is 16.5. The first kappa shape index (κ1) is 28.2. The van der Waals surface area contributed by atoms with Crippen LogP contribution in [0.15, 0.2) is 36.4 Å². The van der Waals surface area contributed by atoms with Gasteiger partial charge in [0.25, 0.3) is 0 Å². The molecule has 0 saturated carbocycles. The maximum absolute atomic E-state index is 14.1. The molecule has 11 heteroatoms. The van der Waals surface area contributed by atoms with Crippen molar-refractivity contribution in [2.45, 2.75) is 57.8 Å². The lowest BCUT2D eigenvalue weighted by Crippen LogP contribution is -2.51. The first-order valence-electron chi connectivity index (χ1n) is 13.0. The van der Waals surface area contributed by atoms with Crippen molar-refractivity contribution in [3.8, 4) is 17.2 Å². The Kier molecular flexibility index (Phi) is 8.59. The Hall–Kier alpha value is -3.86. The van der Waals surface area contributed by atoms with Gasteiger partial charge < -0.3 is 29.2 Å². The number of ether oxygens (including phenoxy) is 4. The minimum absolute atomic E-state index is 0.100. The number of methoxy groups -OCH3 is 3. The summed E-state index contributed by atoms with van der Waals surface area (Å²) in [5.41, 5.74) is 1.38. The van der Waals surface area contributed by atoms with Crippen LogP contribution < -0.4 is 19.5 Å². The van der Waals surface area contributed by atoms with E-state index in [0.29, 0.717) is 34.9 Å². The summed E-state index contributed by atoms with van der Waals surface area (Å²) in [6, 6.07) is 9.82. The molecule has 0 spiro atoms. The van der Waals surface area contributed by atoms with Crippen LogP contribution >= 0.6 is 0 Å².